The summed E-state index contributed by atoms with van der Waals surface area (Å²) >= 11 is 0. The van der Waals surface area contributed by atoms with Crippen molar-refractivity contribution in [3.8, 4) is 0 Å². The Hall–Kier alpha value is -2.94. The molecule has 0 spiro atoms. The minimum Gasteiger partial charge on any atom is -0.480 e. The van der Waals surface area contributed by atoms with E-state index in [4.69, 9.17) is 0 Å². The van der Waals surface area contributed by atoms with Gasteiger partial charge in [-0.1, -0.05) is 26.2 Å². The number of aliphatic carboxylic acids is 1. The molecule has 4 rings (SSSR count). The molecule has 176 valence electrons. The van der Waals surface area contributed by atoms with Crippen LogP contribution in [0.3, 0.4) is 0 Å². The van der Waals surface area contributed by atoms with E-state index in [1.165, 1.54) is 16.4 Å². The predicted octanol–water partition coefficient (Wildman–Crippen LogP) is 4.74. The Kier molecular flexibility index (Phi) is 6.69. The molecular formula is C24H28FN3O4S. The van der Waals surface area contributed by atoms with Crippen LogP contribution in [0.25, 0.3) is 11.0 Å². The van der Waals surface area contributed by atoms with E-state index in [1.54, 1.807) is 22.8 Å². The Labute approximate surface area is 192 Å². The largest absolute Gasteiger partial charge is 0.480 e. The molecule has 0 amide bonds. The van der Waals surface area contributed by atoms with Crippen molar-refractivity contribution in [3.63, 3.8) is 0 Å². The third-order valence-corrected chi connectivity index (χ3v) is 8.00. The Bertz CT molecular complexity index is 1250. The lowest BCUT2D eigenvalue weighted by atomic mass is 9.95. The second-order valence-corrected chi connectivity index (χ2v) is 10.3. The summed E-state index contributed by atoms with van der Waals surface area (Å²) in [5.41, 5.74) is 1.71. The molecule has 1 saturated carbocycles. The molecule has 1 aromatic heterocycles. The fraction of sp³-hybridized carbons (Fsp3) is 0.417. The maximum Gasteiger partial charge on any atom is 0.323 e. The SMILES string of the molecule is CCCc1nc2cc(N(C3CCCCC3)S(=O)(=O)c3ccc(F)cc3)ccc2n1CC(=O)O. The van der Waals surface area contributed by atoms with Crippen LogP contribution in [0.1, 0.15) is 51.3 Å². The summed E-state index contributed by atoms with van der Waals surface area (Å²) in [6.07, 6.45) is 5.87. The minimum atomic E-state index is -3.93. The normalized spacial score (nSPS) is 15.1. The monoisotopic (exact) mass is 473 g/mol. The highest BCUT2D eigenvalue weighted by molar-refractivity contribution is 7.92. The average molecular weight is 474 g/mol. The van der Waals surface area contributed by atoms with Crippen molar-refractivity contribution in [2.45, 2.75) is 69.4 Å². The molecule has 0 atom stereocenters. The summed E-state index contributed by atoms with van der Waals surface area (Å²) < 4.78 is 44.0. The molecule has 9 heteroatoms. The Balaban J connectivity index is 1.83. The molecule has 1 aliphatic carbocycles. The van der Waals surface area contributed by atoms with Gasteiger partial charge in [0.2, 0.25) is 0 Å². The number of aromatic nitrogens is 2. The molecule has 1 fully saturated rings. The first-order valence-corrected chi connectivity index (χ1v) is 12.8. The number of hydrogen-bond acceptors (Lipinski definition) is 4. The summed E-state index contributed by atoms with van der Waals surface area (Å²) in [5.74, 6) is -0.789. The lowest BCUT2D eigenvalue weighted by Crippen LogP contribution is -2.41. The number of sulfonamides is 1. The number of rotatable bonds is 8. The molecule has 0 radical (unpaired) electrons. The standard InChI is InChI=1S/C24H28FN3O4S/c1-2-6-23-26-21-15-19(11-14-22(21)27(23)16-24(29)30)28(18-7-4-3-5-8-18)33(31,32)20-12-9-17(25)10-13-20/h9-15,18H,2-8,16H2,1H3,(H,29,30). The fourth-order valence-corrected chi connectivity index (χ4v) is 6.31. The van der Waals surface area contributed by atoms with Crippen molar-refractivity contribution in [2.24, 2.45) is 0 Å². The smallest absolute Gasteiger partial charge is 0.323 e. The molecular weight excluding hydrogens is 445 g/mol. The van der Waals surface area contributed by atoms with Gasteiger partial charge in [-0.25, -0.2) is 17.8 Å². The number of nitrogens with zero attached hydrogens (tertiary/aromatic N) is 3. The van der Waals surface area contributed by atoms with Crippen LogP contribution in [0.2, 0.25) is 0 Å². The van der Waals surface area contributed by atoms with Gasteiger partial charge in [-0.3, -0.25) is 9.10 Å². The first kappa shape index (κ1) is 23.2. The lowest BCUT2D eigenvalue weighted by molar-refractivity contribution is -0.137. The van der Waals surface area contributed by atoms with Gasteiger partial charge < -0.3 is 9.67 Å². The lowest BCUT2D eigenvalue weighted by Gasteiger charge is -2.35. The summed E-state index contributed by atoms with van der Waals surface area (Å²) in [6, 6.07) is 9.87. The van der Waals surface area contributed by atoms with Crippen LogP contribution in [0.15, 0.2) is 47.4 Å². The van der Waals surface area contributed by atoms with Crippen LogP contribution in [-0.4, -0.2) is 35.1 Å². The highest BCUT2D eigenvalue weighted by atomic mass is 32.2. The van der Waals surface area contributed by atoms with Crippen molar-refractivity contribution in [1.82, 2.24) is 9.55 Å². The van der Waals surface area contributed by atoms with Gasteiger partial charge in [-0.15, -0.1) is 0 Å². The fourth-order valence-electron chi connectivity index (χ4n) is 4.61. The van der Waals surface area contributed by atoms with Crippen molar-refractivity contribution >= 4 is 32.7 Å². The van der Waals surface area contributed by atoms with Crippen molar-refractivity contribution in [2.75, 3.05) is 4.31 Å². The second kappa shape index (κ2) is 9.51. The maximum absolute atomic E-state index is 13.7. The number of aryl methyl sites for hydroxylation is 1. The van der Waals surface area contributed by atoms with Gasteiger partial charge in [0.15, 0.2) is 0 Å². The van der Waals surface area contributed by atoms with Crippen LogP contribution in [0.5, 0.6) is 0 Å². The molecule has 7 nitrogen and oxygen atoms in total. The highest BCUT2D eigenvalue weighted by Gasteiger charge is 2.33. The second-order valence-electron chi connectivity index (χ2n) is 8.48. The zero-order chi connectivity index (χ0) is 23.6. The van der Waals surface area contributed by atoms with Crippen LogP contribution in [0, 0.1) is 5.82 Å². The van der Waals surface area contributed by atoms with E-state index < -0.39 is 21.8 Å². The summed E-state index contributed by atoms with van der Waals surface area (Å²) in [6.45, 7) is 1.79. The van der Waals surface area contributed by atoms with Crippen molar-refractivity contribution in [1.29, 1.82) is 0 Å². The van der Waals surface area contributed by atoms with E-state index in [0.29, 0.717) is 29.0 Å². The number of halogens is 1. The molecule has 2 aromatic carbocycles. The molecule has 33 heavy (non-hydrogen) atoms. The van der Waals surface area contributed by atoms with Gasteiger partial charge in [0.1, 0.15) is 18.2 Å². The third-order valence-electron chi connectivity index (χ3n) is 6.11. The number of anilines is 1. The molecule has 1 N–H and O–H groups in total. The minimum absolute atomic E-state index is 0.0395. The number of imidazole rings is 1. The first-order chi connectivity index (χ1) is 15.8. The first-order valence-electron chi connectivity index (χ1n) is 11.3. The number of carbonyl (C=O) groups is 1. The number of carboxylic acids is 1. The van der Waals surface area contributed by atoms with Crippen molar-refractivity contribution < 1.29 is 22.7 Å². The van der Waals surface area contributed by atoms with E-state index in [9.17, 15) is 22.7 Å². The number of hydrogen-bond donors (Lipinski definition) is 1. The van der Waals surface area contributed by atoms with Gasteiger partial charge in [-0.05, 0) is 61.7 Å². The van der Waals surface area contributed by atoms with E-state index >= 15 is 0 Å². The molecule has 0 aliphatic heterocycles. The summed E-state index contributed by atoms with van der Waals surface area (Å²) in [4.78, 5) is 16.1. The topological polar surface area (TPSA) is 92.5 Å². The zero-order valence-corrected chi connectivity index (χ0v) is 19.4. The Morgan fingerprint density at radius 1 is 1.15 bits per heavy atom. The highest BCUT2D eigenvalue weighted by Crippen LogP contribution is 2.34. The number of benzene rings is 2. The van der Waals surface area contributed by atoms with Crippen molar-refractivity contribution in [3.05, 3.63) is 54.1 Å². The molecule has 0 saturated heterocycles. The van der Waals surface area contributed by atoms with Crippen LogP contribution in [-0.2, 0) is 27.8 Å². The van der Waals surface area contributed by atoms with Gasteiger partial charge in [0.05, 0.1) is 21.6 Å². The van der Waals surface area contributed by atoms with Gasteiger partial charge in [0, 0.05) is 12.5 Å². The van der Waals surface area contributed by atoms with Crippen LogP contribution >= 0.6 is 0 Å². The van der Waals surface area contributed by atoms with Gasteiger partial charge in [-0.2, -0.15) is 0 Å². The van der Waals surface area contributed by atoms with E-state index in [-0.39, 0.29) is 17.5 Å². The summed E-state index contributed by atoms with van der Waals surface area (Å²) in [5, 5.41) is 9.34. The Morgan fingerprint density at radius 2 is 1.85 bits per heavy atom. The van der Waals surface area contributed by atoms with E-state index in [0.717, 1.165) is 50.7 Å². The quantitative estimate of drug-likeness (QED) is 0.510. The molecule has 1 aliphatic rings. The zero-order valence-electron chi connectivity index (χ0n) is 18.6. The molecule has 0 bridgehead atoms. The Morgan fingerprint density at radius 3 is 2.48 bits per heavy atom. The molecule has 0 unspecified atom stereocenters. The third kappa shape index (κ3) is 4.73. The molecule has 3 aromatic rings. The average Bonchev–Trinajstić information content (AvgIpc) is 3.11. The van der Waals surface area contributed by atoms with Crippen LogP contribution in [0.4, 0.5) is 10.1 Å². The van der Waals surface area contributed by atoms with Gasteiger partial charge >= 0.3 is 5.97 Å². The van der Waals surface area contributed by atoms with Gasteiger partial charge in [0.25, 0.3) is 10.0 Å². The maximum atomic E-state index is 13.7. The van der Waals surface area contributed by atoms with E-state index in [2.05, 4.69) is 4.98 Å². The van der Waals surface area contributed by atoms with E-state index in [1.807, 2.05) is 6.92 Å². The predicted molar refractivity (Wildman–Crippen MR) is 124 cm³/mol. The number of carboxylic acid groups (broad SMARTS) is 1. The number of fused-ring (bicyclic) bond motifs is 1. The van der Waals surface area contributed by atoms with Crippen LogP contribution < -0.4 is 4.31 Å². The summed E-state index contributed by atoms with van der Waals surface area (Å²) in [7, 11) is -3.93. The molecule has 1 heterocycles.